The van der Waals surface area contributed by atoms with Crippen LogP contribution < -0.4 is 0 Å². The third-order valence-corrected chi connectivity index (χ3v) is 5.89. The normalized spacial score (nSPS) is 11.4. The molecule has 0 N–H and O–H groups in total. The third-order valence-electron chi connectivity index (χ3n) is 4.56. The molecule has 29 heavy (non-hydrogen) atoms. The number of halogens is 1. The van der Waals surface area contributed by atoms with E-state index in [2.05, 4.69) is 44.5 Å². The van der Waals surface area contributed by atoms with Gasteiger partial charge in [-0.15, -0.1) is 10.2 Å². The summed E-state index contributed by atoms with van der Waals surface area (Å²) in [6.07, 6.45) is 5.02. The van der Waals surface area contributed by atoms with Crippen molar-refractivity contribution in [2.75, 3.05) is 13.7 Å². The Morgan fingerprint density at radius 2 is 1.97 bits per heavy atom. The highest BCUT2D eigenvalue weighted by Gasteiger charge is 2.17. The van der Waals surface area contributed by atoms with E-state index >= 15 is 0 Å². The van der Waals surface area contributed by atoms with E-state index in [0.29, 0.717) is 17.4 Å². The number of rotatable bonds is 8. The number of imidazole rings is 1. The van der Waals surface area contributed by atoms with Crippen LogP contribution in [-0.2, 0) is 17.0 Å². The van der Waals surface area contributed by atoms with Crippen LogP contribution in [0.3, 0.4) is 0 Å². The molecule has 0 atom stereocenters. The highest BCUT2D eigenvalue weighted by molar-refractivity contribution is 7.98. The van der Waals surface area contributed by atoms with Gasteiger partial charge in [0.25, 0.3) is 0 Å². The average molecular weight is 428 g/mol. The van der Waals surface area contributed by atoms with Gasteiger partial charge in [0.05, 0.1) is 10.7 Å². The molecule has 0 fully saturated rings. The molecule has 0 radical (unpaired) electrons. The van der Waals surface area contributed by atoms with Crippen molar-refractivity contribution >= 4 is 29.0 Å². The van der Waals surface area contributed by atoms with E-state index in [0.717, 1.165) is 40.9 Å². The molecule has 0 aliphatic rings. The van der Waals surface area contributed by atoms with Crippen LogP contribution in [0.25, 0.3) is 17.0 Å². The summed E-state index contributed by atoms with van der Waals surface area (Å²) in [5.41, 5.74) is 4.04. The molecule has 0 bridgehead atoms. The summed E-state index contributed by atoms with van der Waals surface area (Å²) < 4.78 is 9.40. The van der Waals surface area contributed by atoms with E-state index in [9.17, 15) is 0 Å². The van der Waals surface area contributed by atoms with E-state index < -0.39 is 0 Å². The lowest BCUT2D eigenvalue weighted by Crippen LogP contribution is -2.05. The molecule has 0 spiro atoms. The van der Waals surface area contributed by atoms with Crippen molar-refractivity contribution in [3.63, 3.8) is 0 Å². The molecule has 8 heteroatoms. The standard InChI is InChI=1S/C21H22ClN5OS/c1-15-8-9-19-23-16(13-26(19)12-15)14-29-21-25-24-20(27(21)10-5-11-28-2)17-6-3-4-7-18(17)22/h3-4,6-9,12-13H,5,10-11,14H2,1-2H3. The fourth-order valence-corrected chi connectivity index (χ4v) is 4.24. The Labute approximate surface area is 178 Å². The number of nitrogens with zero attached hydrogens (tertiary/aromatic N) is 5. The van der Waals surface area contributed by atoms with Crippen LogP contribution in [0.5, 0.6) is 0 Å². The van der Waals surface area contributed by atoms with Crippen molar-refractivity contribution in [2.24, 2.45) is 0 Å². The molecule has 0 aliphatic heterocycles. The molecule has 150 valence electrons. The summed E-state index contributed by atoms with van der Waals surface area (Å²) in [6.45, 7) is 3.51. The van der Waals surface area contributed by atoms with Gasteiger partial charge < -0.3 is 13.7 Å². The lowest BCUT2D eigenvalue weighted by molar-refractivity contribution is 0.189. The molecule has 4 rings (SSSR count). The molecule has 0 saturated carbocycles. The van der Waals surface area contributed by atoms with Gasteiger partial charge in [0.15, 0.2) is 11.0 Å². The second-order valence-electron chi connectivity index (χ2n) is 6.78. The van der Waals surface area contributed by atoms with Crippen molar-refractivity contribution in [3.8, 4) is 11.4 Å². The zero-order chi connectivity index (χ0) is 20.2. The first-order chi connectivity index (χ1) is 14.2. The third kappa shape index (κ3) is 4.47. The lowest BCUT2D eigenvalue weighted by atomic mass is 10.2. The summed E-state index contributed by atoms with van der Waals surface area (Å²) in [7, 11) is 1.71. The number of ether oxygens (including phenoxy) is 1. The minimum absolute atomic E-state index is 0.667. The van der Waals surface area contributed by atoms with Gasteiger partial charge in [-0.3, -0.25) is 0 Å². The maximum atomic E-state index is 6.41. The number of hydrogen-bond donors (Lipinski definition) is 0. The highest BCUT2D eigenvalue weighted by atomic mass is 35.5. The van der Waals surface area contributed by atoms with Crippen molar-refractivity contribution in [2.45, 2.75) is 30.8 Å². The lowest BCUT2D eigenvalue weighted by Gasteiger charge is -2.10. The Hall–Kier alpha value is -2.35. The maximum absolute atomic E-state index is 6.41. The SMILES string of the molecule is COCCCn1c(SCc2cn3cc(C)ccc3n2)nnc1-c1ccccc1Cl. The summed E-state index contributed by atoms with van der Waals surface area (Å²) in [5, 5.41) is 10.4. The fourth-order valence-electron chi connectivity index (χ4n) is 3.17. The van der Waals surface area contributed by atoms with E-state index in [1.165, 1.54) is 5.56 Å². The van der Waals surface area contributed by atoms with Crippen LogP contribution in [-0.4, -0.2) is 37.9 Å². The number of pyridine rings is 1. The number of benzene rings is 1. The van der Waals surface area contributed by atoms with Crippen LogP contribution in [0, 0.1) is 6.92 Å². The second-order valence-corrected chi connectivity index (χ2v) is 8.13. The van der Waals surface area contributed by atoms with E-state index in [4.69, 9.17) is 21.3 Å². The largest absolute Gasteiger partial charge is 0.385 e. The summed E-state index contributed by atoms with van der Waals surface area (Å²) >= 11 is 8.04. The van der Waals surface area contributed by atoms with Crippen LogP contribution in [0.2, 0.25) is 5.02 Å². The number of aromatic nitrogens is 5. The Balaban J connectivity index is 1.59. The molecular weight excluding hydrogens is 406 g/mol. The Morgan fingerprint density at radius 1 is 1.10 bits per heavy atom. The van der Waals surface area contributed by atoms with E-state index in [1.54, 1.807) is 18.9 Å². The molecule has 6 nitrogen and oxygen atoms in total. The van der Waals surface area contributed by atoms with Crippen molar-refractivity contribution in [1.29, 1.82) is 0 Å². The molecule has 0 saturated heterocycles. The first-order valence-electron chi connectivity index (χ1n) is 9.40. The molecule has 1 aromatic carbocycles. The van der Waals surface area contributed by atoms with E-state index in [1.807, 2.05) is 30.3 Å². The quantitative estimate of drug-likeness (QED) is 0.296. The van der Waals surface area contributed by atoms with E-state index in [-0.39, 0.29) is 0 Å². The summed E-state index contributed by atoms with van der Waals surface area (Å²) in [6, 6.07) is 11.8. The molecule has 3 heterocycles. The van der Waals surface area contributed by atoms with Gasteiger partial charge in [0.2, 0.25) is 0 Å². The van der Waals surface area contributed by atoms with Gasteiger partial charge >= 0.3 is 0 Å². The zero-order valence-corrected chi connectivity index (χ0v) is 18.0. The average Bonchev–Trinajstić information content (AvgIpc) is 3.30. The Bertz CT molecular complexity index is 1120. The first-order valence-corrected chi connectivity index (χ1v) is 10.8. The van der Waals surface area contributed by atoms with Gasteiger partial charge in [-0.1, -0.05) is 41.6 Å². The number of aryl methyl sites for hydroxylation is 1. The molecule has 4 aromatic rings. The van der Waals surface area contributed by atoms with Crippen LogP contribution in [0.4, 0.5) is 0 Å². The molecule has 3 aromatic heterocycles. The van der Waals surface area contributed by atoms with Crippen molar-refractivity contribution in [3.05, 3.63) is 65.1 Å². The van der Waals surface area contributed by atoms with Gasteiger partial charge in [0.1, 0.15) is 5.65 Å². The highest BCUT2D eigenvalue weighted by Crippen LogP contribution is 2.30. The van der Waals surface area contributed by atoms with Gasteiger partial charge in [0, 0.05) is 44.0 Å². The Kier molecular flexibility index (Phi) is 6.18. The van der Waals surface area contributed by atoms with Crippen molar-refractivity contribution in [1.82, 2.24) is 24.1 Å². The predicted molar refractivity (Wildman–Crippen MR) is 116 cm³/mol. The minimum Gasteiger partial charge on any atom is -0.385 e. The Morgan fingerprint density at radius 3 is 2.79 bits per heavy atom. The number of fused-ring (bicyclic) bond motifs is 1. The number of hydrogen-bond acceptors (Lipinski definition) is 5. The molecular formula is C21H22ClN5OS. The molecule has 0 unspecified atom stereocenters. The molecule has 0 amide bonds. The first kappa shape index (κ1) is 19.9. The maximum Gasteiger partial charge on any atom is 0.191 e. The monoisotopic (exact) mass is 427 g/mol. The van der Waals surface area contributed by atoms with Crippen LogP contribution >= 0.6 is 23.4 Å². The fraction of sp³-hybridized carbons (Fsp3) is 0.286. The summed E-state index contributed by atoms with van der Waals surface area (Å²) in [4.78, 5) is 4.70. The second kappa shape index (κ2) is 8.98. The predicted octanol–water partition coefficient (Wildman–Crippen LogP) is 4.88. The molecule has 0 aliphatic carbocycles. The smallest absolute Gasteiger partial charge is 0.191 e. The van der Waals surface area contributed by atoms with Crippen LogP contribution in [0.1, 0.15) is 17.7 Å². The minimum atomic E-state index is 0.667. The van der Waals surface area contributed by atoms with Gasteiger partial charge in [-0.25, -0.2) is 4.98 Å². The van der Waals surface area contributed by atoms with Gasteiger partial charge in [-0.05, 0) is 37.1 Å². The topological polar surface area (TPSA) is 57.2 Å². The number of methoxy groups -OCH3 is 1. The van der Waals surface area contributed by atoms with Crippen molar-refractivity contribution < 1.29 is 4.74 Å². The number of thioether (sulfide) groups is 1. The van der Waals surface area contributed by atoms with Gasteiger partial charge in [-0.2, -0.15) is 0 Å². The zero-order valence-electron chi connectivity index (χ0n) is 16.4. The summed E-state index contributed by atoms with van der Waals surface area (Å²) in [5.74, 6) is 1.49. The van der Waals surface area contributed by atoms with Crippen LogP contribution in [0.15, 0.2) is 53.9 Å².